The third-order valence-electron chi connectivity index (χ3n) is 2.71. The molecule has 0 fully saturated rings. The molecule has 0 atom stereocenters. The van der Waals surface area contributed by atoms with Crippen molar-refractivity contribution in [3.63, 3.8) is 0 Å². The molecule has 0 aliphatic rings. The molecule has 0 unspecified atom stereocenters. The molecule has 0 aliphatic carbocycles. The van der Waals surface area contributed by atoms with Gasteiger partial charge in [0.15, 0.2) is 0 Å². The minimum Gasteiger partial charge on any atom is -0.492 e. The molecule has 0 radical (unpaired) electrons. The number of carboxylic acid groups (broad SMARTS) is 1. The molecule has 0 saturated carbocycles. The van der Waals surface area contributed by atoms with Crippen LogP contribution in [0.5, 0.6) is 5.75 Å². The Bertz CT molecular complexity index is 602. The Balaban J connectivity index is 1.85. The van der Waals surface area contributed by atoms with Crippen LogP contribution in [0.2, 0.25) is 0 Å². The molecule has 2 aromatic rings. The fourth-order valence-electron chi connectivity index (χ4n) is 1.65. The molecule has 6 heteroatoms. The lowest BCUT2D eigenvalue weighted by Crippen LogP contribution is -2.06. The average Bonchev–Trinajstić information content (AvgIpc) is 2.83. The maximum atomic E-state index is 10.4. The quantitative estimate of drug-likeness (QED) is 0.808. The van der Waals surface area contributed by atoms with Gasteiger partial charge in [-0.25, -0.2) is 4.79 Å². The standard InChI is InChI=1S/C14H15N3O3/c1-17-12(6-8-16-17)7-9-20-13-4-2-11(15-10-13)3-5-14(18)19/h2-6,8,10H,7,9H2,1H3,(H,18,19)/b5-3+. The van der Waals surface area contributed by atoms with Crippen molar-refractivity contribution in [1.29, 1.82) is 0 Å². The van der Waals surface area contributed by atoms with Crippen molar-refractivity contribution in [2.45, 2.75) is 6.42 Å². The van der Waals surface area contributed by atoms with Crippen molar-refractivity contribution in [2.75, 3.05) is 6.61 Å². The van der Waals surface area contributed by atoms with Gasteiger partial charge in [-0.15, -0.1) is 0 Å². The molecule has 2 heterocycles. The van der Waals surface area contributed by atoms with Gasteiger partial charge in [-0.1, -0.05) is 0 Å². The van der Waals surface area contributed by atoms with E-state index >= 15 is 0 Å². The molecule has 104 valence electrons. The average molecular weight is 273 g/mol. The maximum Gasteiger partial charge on any atom is 0.328 e. The predicted octanol–water partition coefficient (Wildman–Crippen LogP) is 1.53. The number of aliphatic carboxylic acids is 1. The largest absolute Gasteiger partial charge is 0.492 e. The van der Waals surface area contributed by atoms with Gasteiger partial charge in [0.2, 0.25) is 0 Å². The molecule has 0 spiro atoms. The first-order valence-corrected chi connectivity index (χ1v) is 6.12. The van der Waals surface area contributed by atoms with Crippen LogP contribution in [0.3, 0.4) is 0 Å². The molecular formula is C14H15N3O3. The monoisotopic (exact) mass is 273 g/mol. The van der Waals surface area contributed by atoms with Gasteiger partial charge in [0.25, 0.3) is 0 Å². The first-order valence-electron chi connectivity index (χ1n) is 6.12. The lowest BCUT2D eigenvalue weighted by atomic mass is 10.3. The number of carboxylic acids is 1. The lowest BCUT2D eigenvalue weighted by molar-refractivity contribution is -0.131. The van der Waals surface area contributed by atoms with E-state index in [4.69, 9.17) is 9.84 Å². The fourth-order valence-corrected chi connectivity index (χ4v) is 1.65. The van der Waals surface area contributed by atoms with Crippen molar-refractivity contribution in [3.8, 4) is 5.75 Å². The molecule has 1 N–H and O–H groups in total. The molecule has 0 aliphatic heterocycles. The van der Waals surface area contributed by atoms with Crippen molar-refractivity contribution in [3.05, 3.63) is 48.1 Å². The van der Waals surface area contributed by atoms with E-state index in [2.05, 4.69) is 10.1 Å². The van der Waals surface area contributed by atoms with Gasteiger partial charge < -0.3 is 9.84 Å². The smallest absolute Gasteiger partial charge is 0.328 e. The van der Waals surface area contributed by atoms with Crippen LogP contribution in [0.25, 0.3) is 6.08 Å². The molecule has 0 amide bonds. The second-order valence-corrected chi connectivity index (χ2v) is 4.13. The lowest BCUT2D eigenvalue weighted by Gasteiger charge is -2.06. The summed E-state index contributed by atoms with van der Waals surface area (Å²) in [5, 5.41) is 12.6. The number of aromatic nitrogens is 3. The van der Waals surface area contributed by atoms with Gasteiger partial charge >= 0.3 is 5.97 Å². The van der Waals surface area contributed by atoms with Crippen LogP contribution in [-0.2, 0) is 18.3 Å². The molecular weight excluding hydrogens is 258 g/mol. The summed E-state index contributed by atoms with van der Waals surface area (Å²) in [5.41, 5.74) is 1.67. The summed E-state index contributed by atoms with van der Waals surface area (Å²) in [7, 11) is 1.89. The van der Waals surface area contributed by atoms with Gasteiger partial charge in [-0.05, 0) is 24.3 Å². The van der Waals surface area contributed by atoms with E-state index in [1.54, 1.807) is 29.2 Å². The van der Waals surface area contributed by atoms with E-state index in [1.165, 1.54) is 6.08 Å². The topological polar surface area (TPSA) is 77.2 Å². The highest BCUT2D eigenvalue weighted by atomic mass is 16.5. The predicted molar refractivity (Wildman–Crippen MR) is 73.3 cm³/mol. The number of nitrogens with zero attached hydrogens (tertiary/aromatic N) is 3. The summed E-state index contributed by atoms with van der Waals surface area (Å²) >= 11 is 0. The van der Waals surface area contributed by atoms with Crippen LogP contribution in [0, 0.1) is 0 Å². The van der Waals surface area contributed by atoms with E-state index in [-0.39, 0.29) is 0 Å². The van der Waals surface area contributed by atoms with Crippen LogP contribution in [0.15, 0.2) is 36.7 Å². The zero-order valence-electron chi connectivity index (χ0n) is 11.1. The normalized spacial score (nSPS) is 10.8. The molecule has 6 nitrogen and oxygen atoms in total. The van der Waals surface area contributed by atoms with E-state index in [0.29, 0.717) is 18.1 Å². The van der Waals surface area contributed by atoms with Crippen LogP contribution < -0.4 is 4.74 Å². The van der Waals surface area contributed by atoms with Gasteiger partial charge in [0, 0.05) is 31.4 Å². The number of hydrogen-bond donors (Lipinski definition) is 1. The SMILES string of the molecule is Cn1nccc1CCOc1ccc(/C=C/C(=O)O)nc1. The molecule has 0 bridgehead atoms. The van der Waals surface area contributed by atoms with Gasteiger partial charge in [0.1, 0.15) is 5.75 Å². The van der Waals surface area contributed by atoms with Crippen LogP contribution in [0.4, 0.5) is 0 Å². The van der Waals surface area contributed by atoms with E-state index < -0.39 is 5.97 Å². The number of ether oxygens (including phenoxy) is 1. The number of pyridine rings is 1. The van der Waals surface area contributed by atoms with E-state index in [0.717, 1.165) is 18.2 Å². The van der Waals surface area contributed by atoms with Crippen molar-refractivity contribution in [1.82, 2.24) is 14.8 Å². The Morgan fingerprint density at radius 2 is 2.30 bits per heavy atom. The molecule has 0 aromatic carbocycles. The second-order valence-electron chi connectivity index (χ2n) is 4.13. The summed E-state index contributed by atoms with van der Waals surface area (Å²) in [6.45, 7) is 0.533. The Morgan fingerprint density at radius 3 is 2.90 bits per heavy atom. The number of hydrogen-bond acceptors (Lipinski definition) is 4. The first-order chi connectivity index (χ1) is 9.65. The van der Waals surface area contributed by atoms with Crippen LogP contribution in [-0.4, -0.2) is 32.4 Å². The highest BCUT2D eigenvalue weighted by molar-refractivity contribution is 5.84. The minimum absolute atomic E-state index is 0.533. The third-order valence-corrected chi connectivity index (χ3v) is 2.71. The van der Waals surface area contributed by atoms with Crippen molar-refractivity contribution in [2.24, 2.45) is 7.05 Å². The third kappa shape index (κ3) is 3.94. The first kappa shape index (κ1) is 13.8. The molecule has 2 aromatic heterocycles. The number of rotatable bonds is 6. The van der Waals surface area contributed by atoms with E-state index in [9.17, 15) is 4.79 Å². The zero-order valence-corrected chi connectivity index (χ0v) is 11.1. The van der Waals surface area contributed by atoms with Crippen molar-refractivity contribution >= 4 is 12.0 Å². The summed E-state index contributed by atoms with van der Waals surface area (Å²) in [5.74, 6) is -0.344. The summed E-state index contributed by atoms with van der Waals surface area (Å²) in [4.78, 5) is 14.5. The number of carbonyl (C=O) groups is 1. The van der Waals surface area contributed by atoms with Gasteiger partial charge in [0.05, 0.1) is 18.5 Å². The minimum atomic E-state index is -0.997. The Morgan fingerprint density at radius 1 is 1.45 bits per heavy atom. The zero-order chi connectivity index (χ0) is 14.4. The maximum absolute atomic E-state index is 10.4. The highest BCUT2D eigenvalue weighted by Gasteiger charge is 2.00. The highest BCUT2D eigenvalue weighted by Crippen LogP contribution is 2.10. The Hall–Kier alpha value is -2.63. The van der Waals surface area contributed by atoms with Gasteiger partial charge in [-0.3, -0.25) is 9.67 Å². The van der Waals surface area contributed by atoms with Crippen LogP contribution in [0.1, 0.15) is 11.4 Å². The number of aryl methyl sites for hydroxylation is 1. The second kappa shape index (κ2) is 6.51. The summed E-state index contributed by atoms with van der Waals surface area (Å²) in [6, 6.07) is 5.41. The molecule has 0 saturated heterocycles. The van der Waals surface area contributed by atoms with Crippen molar-refractivity contribution < 1.29 is 14.6 Å². The Kier molecular flexibility index (Phi) is 4.49. The summed E-state index contributed by atoms with van der Waals surface area (Å²) in [6.07, 6.45) is 6.56. The Labute approximate surface area is 116 Å². The molecule has 2 rings (SSSR count). The van der Waals surface area contributed by atoms with Gasteiger partial charge in [-0.2, -0.15) is 5.10 Å². The van der Waals surface area contributed by atoms with E-state index in [1.807, 2.05) is 13.1 Å². The molecule has 20 heavy (non-hydrogen) atoms. The van der Waals surface area contributed by atoms with Crippen LogP contribution >= 0.6 is 0 Å². The summed E-state index contributed by atoms with van der Waals surface area (Å²) < 4.78 is 7.38. The fraction of sp³-hybridized carbons (Fsp3) is 0.214.